The van der Waals surface area contributed by atoms with E-state index in [4.69, 9.17) is 0 Å². The molecule has 212 valence electrons. The van der Waals surface area contributed by atoms with E-state index in [1.165, 1.54) is 86.6 Å². The second-order valence-corrected chi connectivity index (χ2v) is 11.1. The van der Waals surface area contributed by atoms with Crippen LogP contribution < -0.4 is 10.4 Å². The minimum absolute atomic E-state index is 1.25. The fourth-order valence-corrected chi connectivity index (χ4v) is 6.97. The van der Waals surface area contributed by atoms with Gasteiger partial charge in [-0.3, -0.25) is 0 Å². The Morgan fingerprint density at radius 3 is 1.57 bits per heavy atom. The van der Waals surface area contributed by atoms with Crippen LogP contribution in [0.2, 0.25) is 0 Å². The quantitative estimate of drug-likeness (QED) is 0.145. The summed E-state index contributed by atoms with van der Waals surface area (Å²) in [4.78, 5) is 0. The van der Waals surface area contributed by atoms with E-state index in [1.54, 1.807) is 0 Å². The summed E-state index contributed by atoms with van der Waals surface area (Å²) in [6.07, 6.45) is 4.40. The average Bonchev–Trinajstić information content (AvgIpc) is 3.10. The van der Waals surface area contributed by atoms with Crippen LogP contribution in [0.1, 0.15) is 27.7 Å². The molecule has 0 atom stereocenters. The van der Waals surface area contributed by atoms with Crippen LogP contribution in [0, 0.1) is 0 Å². The van der Waals surface area contributed by atoms with Gasteiger partial charge < -0.3 is 0 Å². The van der Waals surface area contributed by atoms with E-state index in [-0.39, 0.29) is 0 Å². The summed E-state index contributed by atoms with van der Waals surface area (Å²) in [6.45, 7) is 8.23. The normalized spacial score (nSPS) is 12.4. The molecule has 0 aliphatic rings. The van der Waals surface area contributed by atoms with Crippen LogP contribution in [0.15, 0.2) is 133 Å². The third-order valence-corrected chi connectivity index (χ3v) is 8.94. The summed E-state index contributed by atoms with van der Waals surface area (Å²) in [6, 6.07) is 49.5. The van der Waals surface area contributed by atoms with Crippen LogP contribution in [-0.4, -0.2) is 0 Å². The third-order valence-electron chi connectivity index (χ3n) is 8.94. The fourth-order valence-electron chi connectivity index (χ4n) is 6.97. The van der Waals surface area contributed by atoms with Gasteiger partial charge in [-0.1, -0.05) is 141 Å². The molecule has 0 fully saturated rings. The molecule has 44 heavy (non-hydrogen) atoms. The van der Waals surface area contributed by atoms with E-state index in [9.17, 15) is 0 Å². The minimum Gasteiger partial charge on any atom is -0.0798 e. The lowest BCUT2D eigenvalue weighted by Crippen LogP contribution is -2.23. The summed E-state index contributed by atoms with van der Waals surface area (Å²) in [7, 11) is 0. The van der Waals surface area contributed by atoms with Crippen molar-refractivity contribution in [2.75, 3.05) is 0 Å². The van der Waals surface area contributed by atoms with Crippen molar-refractivity contribution in [2.45, 2.75) is 27.7 Å². The lowest BCUT2D eigenvalue weighted by atomic mass is 9.84. The van der Waals surface area contributed by atoms with Crippen molar-refractivity contribution < 1.29 is 0 Å². The molecule has 8 aromatic carbocycles. The zero-order valence-corrected chi connectivity index (χ0v) is 25.9. The molecule has 0 aliphatic carbocycles. The lowest BCUT2D eigenvalue weighted by Gasteiger charge is -2.19. The third kappa shape index (κ3) is 4.38. The fraction of sp³-hybridized carbons (Fsp3) is 0.0909. The molecular formula is C44H36. The largest absolute Gasteiger partial charge is 0.0798 e. The maximum Gasteiger partial charge on any atom is -0.00201 e. The van der Waals surface area contributed by atoms with Gasteiger partial charge in [0.25, 0.3) is 0 Å². The monoisotopic (exact) mass is 564 g/mol. The van der Waals surface area contributed by atoms with E-state index in [2.05, 4.69) is 159 Å². The van der Waals surface area contributed by atoms with Crippen LogP contribution in [0.4, 0.5) is 0 Å². The Balaban J connectivity index is 0.00000153. The van der Waals surface area contributed by atoms with Crippen molar-refractivity contribution >= 4 is 66.0 Å². The van der Waals surface area contributed by atoms with E-state index < -0.39 is 0 Å². The number of hydrogen-bond acceptors (Lipinski definition) is 0. The predicted molar refractivity (Wildman–Crippen MR) is 196 cm³/mol. The van der Waals surface area contributed by atoms with E-state index in [1.807, 2.05) is 13.8 Å². The number of fused-ring (bicyclic) bond motifs is 6. The molecule has 8 rings (SSSR count). The molecule has 0 spiro atoms. The van der Waals surface area contributed by atoms with Crippen LogP contribution >= 0.6 is 0 Å². The van der Waals surface area contributed by atoms with Crippen molar-refractivity contribution in [3.8, 4) is 22.3 Å². The Bertz CT molecular complexity index is 2420. The molecule has 0 aromatic heterocycles. The van der Waals surface area contributed by atoms with Gasteiger partial charge in [0, 0.05) is 0 Å². The van der Waals surface area contributed by atoms with Crippen molar-refractivity contribution in [3.05, 3.63) is 144 Å². The van der Waals surface area contributed by atoms with E-state index in [0.717, 1.165) is 0 Å². The first-order valence-corrected chi connectivity index (χ1v) is 15.8. The molecule has 0 heterocycles. The molecule has 0 amide bonds. The molecule has 0 heteroatoms. The Morgan fingerprint density at radius 1 is 0.364 bits per heavy atom. The van der Waals surface area contributed by atoms with Gasteiger partial charge >= 0.3 is 0 Å². The van der Waals surface area contributed by atoms with Crippen molar-refractivity contribution in [1.29, 1.82) is 0 Å². The first kappa shape index (κ1) is 27.6. The molecule has 0 unspecified atom stereocenters. The molecule has 0 N–H and O–H groups in total. The maximum absolute atomic E-state index is 2.36. The highest BCUT2D eigenvalue weighted by Gasteiger charge is 2.18. The molecule has 0 aliphatic heterocycles. The maximum atomic E-state index is 2.36. The predicted octanol–water partition coefficient (Wildman–Crippen LogP) is 11.4. The van der Waals surface area contributed by atoms with Crippen molar-refractivity contribution in [3.63, 3.8) is 0 Å². The van der Waals surface area contributed by atoms with Gasteiger partial charge in [-0.25, -0.2) is 0 Å². The average molecular weight is 565 g/mol. The summed E-state index contributed by atoms with van der Waals surface area (Å²) < 4.78 is 0. The van der Waals surface area contributed by atoms with Crippen LogP contribution in [0.25, 0.3) is 88.3 Å². The SMILES string of the molecule is C/C=c1/ccc(-c2c3ccccc3c(-c3cccc4c3ccc3cc5ccccc5cc34)c3ccccc23)c/c1=C/C.CC. The Kier molecular flexibility index (Phi) is 7.20. The van der Waals surface area contributed by atoms with Crippen molar-refractivity contribution in [1.82, 2.24) is 0 Å². The standard InChI is InChI=1S/C42H30.C2H6/c1-3-27-20-21-32(24-28(27)4-2)41-36-14-7-9-16-38(36)42(39-17-10-8-15-37(39)41)35-19-11-18-33-34(35)23-22-31-25-29-12-5-6-13-30(29)26-40(31)33;1-2/h3-26H,1-2H3;1-2H3/b27-3-,28-4-;. The summed E-state index contributed by atoms with van der Waals surface area (Å²) in [5, 5.41) is 15.4. The van der Waals surface area contributed by atoms with Gasteiger partial charge in [0.05, 0.1) is 0 Å². The second kappa shape index (κ2) is 11.5. The highest BCUT2D eigenvalue weighted by molar-refractivity contribution is 6.25. The molecule has 0 saturated carbocycles. The number of hydrogen-bond donors (Lipinski definition) is 0. The summed E-state index contributed by atoms with van der Waals surface area (Å²) in [5.74, 6) is 0. The molecule has 0 bridgehead atoms. The van der Waals surface area contributed by atoms with Crippen molar-refractivity contribution in [2.24, 2.45) is 0 Å². The zero-order valence-electron chi connectivity index (χ0n) is 25.9. The van der Waals surface area contributed by atoms with Gasteiger partial charge in [-0.2, -0.15) is 0 Å². The molecule has 0 nitrogen and oxygen atoms in total. The highest BCUT2D eigenvalue weighted by atomic mass is 14.2. The van der Waals surface area contributed by atoms with Gasteiger partial charge in [-0.05, 0) is 119 Å². The van der Waals surface area contributed by atoms with Crippen LogP contribution in [-0.2, 0) is 0 Å². The van der Waals surface area contributed by atoms with Gasteiger partial charge in [0.1, 0.15) is 0 Å². The van der Waals surface area contributed by atoms with Gasteiger partial charge in [0.2, 0.25) is 0 Å². The summed E-state index contributed by atoms with van der Waals surface area (Å²) in [5.41, 5.74) is 5.13. The number of rotatable bonds is 2. The first-order chi connectivity index (χ1) is 21.7. The Morgan fingerprint density at radius 2 is 0.932 bits per heavy atom. The van der Waals surface area contributed by atoms with Crippen LogP contribution in [0.3, 0.4) is 0 Å². The topological polar surface area (TPSA) is 0 Å². The Hall–Kier alpha value is -5.20. The van der Waals surface area contributed by atoms with Gasteiger partial charge in [0.15, 0.2) is 0 Å². The molecule has 0 radical (unpaired) electrons. The molecular weight excluding hydrogens is 528 g/mol. The first-order valence-electron chi connectivity index (χ1n) is 15.8. The highest BCUT2D eigenvalue weighted by Crippen LogP contribution is 2.45. The lowest BCUT2D eigenvalue weighted by molar-refractivity contribution is 1.49. The summed E-state index contributed by atoms with van der Waals surface area (Å²) >= 11 is 0. The second-order valence-electron chi connectivity index (χ2n) is 11.1. The van der Waals surface area contributed by atoms with Gasteiger partial charge in [-0.15, -0.1) is 0 Å². The minimum atomic E-state index is 1.25. The zero-order chi connectivity index (χ0) is 30.2. The van der Waals surface area contributed by atoms with Crippen LogP contribution in [0.5, 0.6) is 0 Å². The van der Waals surface area contributed by atoms with E-state index in [0.29, 0.717) is 0 Å². The molecule has 8 aromatic rings. The molecule has 0 saturated heterocycles. The number of benzene rings is 8. The smallest absolute Gasteiger partial charge is 0.00201 e. The Labute approximate surface area is 259 Å². The van der Waals surface area contributed by atoms with E-state index >= 15 is 0 Å².